The number of piperazine rings is 1. The molecule has 198 valence electrons. The summed E-state index contributed by atoms with van der Waals surface area (Å²) in [5.74, 6) is 5.24. The van der Waals surface area contributed by atoms with Crippen LogP contribution in [0.4, 0.5) is 4.79 Å². The van der Waals surface area contributed by atoms with E-state index in [2.05, 4.69) is 40.8 Å². The van der Waals surface area contributed by atoms with Gasteiger partial charge in [0.2, 0.25) is 0 Å². The van der Waals surface area contributed by atoms with Crippen molar-refractivity contribution in [1.82, 2.24) is 24.7 Å². The van der Waals surface area contributed by atoms with Crippen LogP contribution in [0.3, 0.4) is 0 Å². The lowest BCUT2D eigenvalue weighted by molar-refractivity contribution is -0.131. The number of benzene rings is 1. The van der Waals surface area contributed by atoms with E-state index >= 15 is 0 Å². The quantitative estimate of drug-likeness (QED) is 0.315. The molecule has 1 atom stereocenters. The van der Waals surface area contributed by atoms with Crippen LogP contribution < -0.4 is 5.48 Å². The summed E-state index contributed by atoms with van der Waals surface area (Å²) in [6.45, 7) is 6.81. The van der Waals surface area contributed by atoms with Gasteiger partial charge in [0, 0.05) is 68.5 Å². The average molecular weight is 528 g/mol. The standard InChI is InChI=1S/C26H33N5O5S/c1-26(24(32)27-34,37(3,35)36)10-11-30-19-23-16-22(18-31(23)25(30)33)9-6-20-4-7-21(8-5-20)17-29-14-12-28(2)13-15-29/h4-5,7-8,16,18,34H,10-15,17,19H2,1-3H3,(H,27,32). The van der Waals surface area contributed by atoms with E-state index in [0.29, 0.717) is 5.56 Å². The zero-order valence-corrected chi connectivity index (χ0v) is 22.2. The number of carbonyl (C=O) groups excluding carboxylic acids is 2. The minimum absolute atomic E-state index is 0.0407. The molecule has 10 nitrogen and oxygen atoms in total. The molecule has 0 bridgehead atoms. The fourth-order valence-electron chi connectivity index (χ4n) is 4.50. The van der Waals surface area contributed by atoms with Crippen molar-refractivity contribution in [2.24, 2.45) is 0 Å². The molecule has 2 amide bonds. The zero-order valence-electron chi connectivity index (χ0n) is 21.4. The molecule has 3 heterocycles. The molecule has 1 aromatic heterocycles. The number of carbonyl (C=O) groups is 2. The predicted molar refractivity (Wildman–Crippen MR) is 139 cm³/mol. The van der Waals surface area contributed by atoms with Crippen LogP contribution in [-0.4, -0.2) is 95.6 Å². The monoisotopic (exact) mass is 527 g/mol. The Morgan fingerprint density at radius 3 is 2.35 bits per heavy atom. The maximum absolute atomic E-state index is 12.8. The maximum atomic E-state index is 12.8. The van der Waals surface area contributed by atoms with Gasteiger partial charge < -0.3 is 9.80 Å². The summed E-state index contributed by atoms with van der Waals surface area (Å²) in [7, 11) is -1.68. The number of nitrogens with one attached hydrogen (secondary N) is 1. The van der Waals surface area contributed by atoms with Gasteiger partial charge in [-0.2, -0.15) is 0 Å². The number of sulfone groups is 1. The minimum atomic E-state index is -3.83. The molecular formula is C26H33N5O5S. The number of amides is 2. The SMILES string of the molecule is CN1CCN(Cc2ccc(C#Cc3cc4n(c3)C(=O)N(CCC(C)(C(=O)NO)S(C)(=O)=O)C4)cc2)CC1. The number of rotatable bonds is 7. The van der Waals surface area contributed by atoms with Crippen molar-refractivity contribution in [3.8, 4) is 11.8 Å². The van der Waals surface area contributed by atoms with Gasteiger partial charge in [-0.05, 0) is 44.2 Å². The Kier molecular flexibility index (Phi) is 7.75. The Morgan fingerprint density at radius 2 is 1.76 bits per heavy atom. The molecule has 0 aliphatic carbocycles. The topological polar surface area (TPSA) is 115 Å². The summed E-state index contributed by atoms with van der Waals surface area (Å²) in [5.41, 5.74) is 5.03. The van der Waals surface area contributed by atoms with Crippen LogP contribution in [0.1, 0.15) is 35.7 Å². The van der Waals surface area contributed by atoms with Gasteiger partial charge in [-0.25, -0.2) is 18.7 Å². The van der Waals surface area contributed by atoms with Crippen LogP contribution >= 0.6 is 0 Å². The van der Waals surface area contributed by atoms with E-state index in [1.54, 1.807) is 6.20 Å². The summed E-state index contributed by atoms with van der Waals surface area (Å²) in [6, 6.07) is 9.75. The summed E-state index contributed by atoms with van der Waals surface area (Å²) >= 11 is 0. The molecule has 2 N–H and O–H groups in total. The van der Waals surface area contributed by atoms with Gasteiger partial charge >= 0.3 is 6.03 Å². The molecule has 0 spiro atoms. The molecule has 2 aliphatic rings. The van der Waals surface area contributed by atoms with Crippen LogP contribution in [0.2, 0.25) is 0 Å². The van der Waals surface area contributed by atoms with E-state index in [9.17, 15) is 18.0 Å². The second kappa shape index (κ2) is 10.7. The molecule has 1 fully saturated rings. The van der Waals surface area contributed by atoms with Crippen molar-refractivity contribution in [3.63, 3.8) is 0 Å². The van der Waals surface area contributed by atoms with Gasteiger partial charge in [-0.15, -0.1) is 0 Å². The molecule has 1 unspecified atom stereocenters. The number of hydrogen-bond acceptors (Lipinski definition) is 7. The molecule has 0 radical (unpaired) electrons. The van der Waals surface area contributed by atoms with Crippen LogP contribution in [-0.2, 0) is 27.7 Å². The second-order valence-electron chi connectivity index (χ2n) is 10.0. The van der Waals surface area contributed by atoms with Gasteiger partial charge in [0.05, 0.1) is 6.54 Å². The molecule has 4 rings (SSSR count). The summed E-state index contributed by atoms with van der Waals surface area (Å²) in [5, 5.41) is 8.97. The number of hydroxylamine groups is 1. The Bertz CT molecular complexity index is 1330. The highest BCUT2D eigenvalue weighted by molar-refractivity contribution is 7.92. The van der Waals surface area contributed by atoms with Crippen molar-refractivity contribution >= 4 is 21.8 Å². The van der Waals surface area contributed by atoms with Crippen molar-refractivity contribution in [2.75, 3.05) is 46.0 Å². The predicted octanol–water partition coefficient (Wildman–Crippen LogP) is 1.12. The first-order valence-electron chi connectivity index (χ1n) is 12.2. The summed E-state index contributed by atoms with van der Waals surface area (Å²) in [4.78, 5) is 31.1. The average Bonchev–Trinajstić information content (AvgIpc) is 3.40. The third-order valence-electron chi connectivity index (χ3n) is 7.30. The first-order chi connectivity index (χ1) is 17.5. The van der Waals surface area contributed by atoms with Gasteiger partial charge in [0.25, 0.3) is 5.91 Å². The number of nitrogens with zero attached hydrogens (tertiary/aromatic N) is 4. The van der Waals surface area contributed by atoms with Crippen molar-refractivity contribution in [2.45, 2.75) is 31.2 Å². The Balaban J connectivity index is 1.36. The zero-order chi connectivity index (χ0) is 26.8. The third-order valence-corrected chi connectivity index (χ3v) is 9.32. The highest BCUT2D eigenvalue weighted by atomic mass is 32.2. The van der Waals surface area contributed by atoms with Gasteiger partial charge in [-0.3, -0.25) is 19.5 Å². The minimum Gasteiger partial charge on any atom is -0.318 e. The largest absolute Gasteiger partial charge is 0.328 e. The molecule has 1 aromatic carbocycles. The number of hydrogen-bond donors (Lipinski definition) is 2. The van der Waals surface area contributed by atoms with E-state index in [0.717, 1.165) is 50.2 Å². The number of likely N-dealkylation sites (N-methyl/N-ethyl adjacent to an activating group) is 1. The third kappa shape index (κ3) is 5.88. The maximum Gasteiger partial charge on any atom is 0.328 e. The molecule has 1 saturated heterocycles. The van der Waals surface area contributed by atoms with Crippen LogP contribution in [0, 0.1) is 11.8 Å². The molecular weight excluding hydrogens is 494 g/mol. The van der Waals surface area contributed by atoms with Crippen LogP contribution in [0.15, 0.2) is 36.5 Å². The Morgan fingerprint density at radius 1 is 1.11 bits per heavy atom. The van der Waals surface area contributed by atoms with E-state index in [1.807, 2.05) is 18.2 Å². The smallest absolute Gasteiger partial charge is 0.318 e. The van der Waals surface area contributed by atoms with E-state index < -0.39 is 20.5 Å². The van der Waals surface area contributed by atoms with E-state index in [4.69, 9.17) is 5.21 Å². The van der Waals surface area contributed by atoms with Crippen LogP contribution in [0.25, 0.3) is 0 Å². The molecule has 2 aromatic rings. The number of fused-ring (bicyclic) bond motifs is 1. The van der Waals surface area contributed by atoms with Gasteiger partial charge in [0.15, 0.2) is 14.6 Å². The lowest BCUT2D eigenvalue weighted by Crippen LogP contribution is -2.50. The molecule has 0 saturated carbocycles. The fraction of sp³-hybridized carbons (Fsp3) is 0.462. The number of aromatic nitrogens is 1. The normalized spacial score (nSPS) is 18.2. The second-order valence-corrected chi connectivity index (χ2v) is 12.5. The van der Waals surface area contributed by atoms with E-state index in [1.165, 1.54) is 27.4 Å². The van der Waals surface area contributed by atoms with Gasteiger partial charge in [-0.1, -0.05) is 24.0 Å². The summed E-state index contributed by atoms with van der Waals surface area (Å²) in [6.07, 6.45) is 2.46. The van der Waals surface area contributed by atoms with Crippen molar-refractivity contribution in [1.29, 1.82) is 0 Å². The molecule has 2 aliphatic heterocycles. The first-order valence-corrected chi connectivity index (χ1v) is 14.1. The summed E-state index contributed by atoms with van der Waals surface area (Å²) < 4.78 is 24.0. The van der Waals surface area contributed by atoms with Crippen molar-refractivity contribution < 1.29 is 23.2 Å². The van der Waals surface area contributed by atoms with Crippen molar-refractivity contribution in [3.05, 3.63) is 58.9 Å². The highest BCUT2D eigenvalue weighted by Crippen LogP contribution is 2.25. The molecule has 11 heteroatoms. The highest BCUT2D eigenvalue weighted by Gasteiger charge is 2.44. The Hall–Kier alpha value is -3.17. The fourth-order valence-corrected chi connectivity index (χ4v) is 5.35. The van der Waals surface area contributed by atoms with E-state index in [-0.39, 0.29) is 25.5 Å². The first kappa shape index (κ1) is 26.9. The lowest BCUT2D eigenvalue weighted by Gasteiger charge is -2.32. The molecule has 37 heavy (non-hydrogen) atoms. The van der Waals surface area contributed by atoms with Crippen LogP contribution in [0.5, 0.6) is 0 Å². The lowest BCUT2D eigenvalue weighted by atomic mass is 10.1. The Labute approximate surface area is 217 Å². The van der Waals surface area contributed by atoms with Gasteiger partial charge in [0.1, 0.15) is 0 Å².